The van der Waals surface area contributed by atoms with Gasteiger partial charge >= 0.3 is 0 Å². The van der Waals surface area contributed by atoms with Crippen molar-refractivity contribution in [2.45, 2.75) is 33.6 Å². The Morgan fingerprint density at radius 1 is 1.07 bits per heavy atom. The van der Waals surface area contributed by atoms with Crippen LogP contribution in [0.2, 0.25) is 0 Å². The third-order valence-electron chi connectivity index (χ3n) is 5.41. The maximum Gasteiger partial charge on any atom is 0.211 e. The molecule has 0 saturated carbocycles. The molecule has 29 heavy (non-hydrogen) atoms. The van der Waals surface area contributed by atoms with Gasteiger partial charge in [-0.2, -0.15) is 0 Å². The molecular formula is C23H22N4OS. The highest BCUT2D eigenvalue weighted by Gasteiger charge is 2.37. The number of fused-ring (bicyclic) bond motifs is 2. The van der Waals surface area contributed by atoms with Crippen molar-refractivity contribution in [2.75, 3.05) is 5.32 Å². The third kappa shape index (κ3) is 3.13. The molecule has 2 aromatic carbocycles. The number of nitrogens with one attached hydrogen (secondary N) is 1. The van der Waals surface area contributed by atoms with Crippen LogP contribution in [0.3, 0.4) is 0 Å². The highest BCUT2D eigenvalue weighted by Crippen LogP contribution is 2.40. The largest absolute Gasteiger partial charge is 0.338 e. The van der Waals surface area contributed by atoms with Gasteiger partial charge in [0.25, 0.3) is 0 Å². The molecule has 1 aliphatic rings. The molecule has 5 nitrogen and oxygen atoms in total. The van der Waals surface area contributed by atoms with Gasteiger partial charge in [0.1, 0.15) is 0 Å². The van der Waals surface area contributed by atoms with E-state index in [1.807, 2.05) is 54.1 Å². The first-order valence-electron chi connectivity index (χ1n) is 9.75. The van der Waals surface area contributed by atoms with Crippen LogP contribution in [0.15, 0.2) is 48.5 Å². The molecule has 4 aromatic rings. The number of anilines is 2. The summed E-state index contributed by atoms with van der Waals surface area (Å²) < 4.78 is 2.99. The number of aromatic nitrogens is 3. The predicted molar refractivity (Wildman–Crippen MR) is 118 cm³/mol. The average Bonchev–Trinajstić information content (AvgIpc) is 3.24. The number of benzene rings is 2. The van der Waals surface area contributed by atoms with Crippen molar-refractivity contribution in [2.24, 2.45) is 5.41 Å². The molecule has 0 spiro atoms. The molecule has 0 radical (unpaired) electrons. The minimum atomic E-state index is -0.0987. The number of carbonyl (C=O) groups is 1. The number of aryl methyl sites for hydroxylation is 1. The van der Waals surface area contributed by atoms with Gasteiger partial charge in [-0.25, -0.2) is 9.67 Å². The molecule has 0 bridgehead atoms. The lowest BCUT2D eigenvalue weighted by molar-refractivity contribution is 0.0912. The fourth-order valence-corrected chi connectivity index (χ4v) is 4.93. The van der Waals surface area contributed by atoms with Gasteiger partial charge in [0.2, 0.25) is 5.13 Å². The van der Waals surface area contributed by atoms with Crippen LogP contribution in [-0.2, 0) is 6.42 Å². The summed E-state index contributed by atoms with van der Waals surface area (Å²) in [5, 5.41) is 9.05. The number of rotatable bonds is 3. The molecule has 2 heterocycles. The Bertz CT molecular complexity index is 1220. The SMILES string of the molecule is Cc1ccccc1Nc1nn(-c2nc3ccccc3s2)c2c1C(=O)CC(C)(C)C2. The molecule has 1 N–H and O–H groups in total. The maximum atomic E-state index is 13.1. The molecule has 146 valence electrons. The van der Waals surface area contributed by atoms with E-state index in [2.05, 4.69) is 25.2 Å². The number of hydrogen-bond donors (Lipinski definition) is 1. The molecule has 0 fully saturated rings. The molecule has 5 rings (SSSR count). The van der Waals surface area contributed by atoms with E-state index >= 15 is 0 Å². The molecule has 0 unspecified atom stereocenters. The van der Waals surface area contributed by atoms with Crippen molar-refractivity contribution in [3.8, 4) is 5.13 Å². The van der Waals surface area contributed by atoms with E-state index in [-0.39, 0.29) is 11.2 Å². The van der Waals surface area contributed by atoms with E-state index in [9.17, 15) is 4.79 Å². The molecule has 0 atom stereocenters. The topological polar surface area (TPSA) is 59.8 Å². The second-order valence-electron chi connectivity index (χ2n) is 8.43. The zero-order chi connectivity index (χ0) is 20.2. The van der Waals surface area contributed by atoms with E-state index in [0.29, 0.717) is 17.8 Å². The van der Waals surface area contributed by atoms with Gasteiger partial charge in [-0.1, -0.05) is 55.5 Å². The van der Waals surface area contributed by atoms with Crippen LogP contribution in [-0.4, -0.2) is 20.5 Å². The minimum absolute atomic E-state index is 0.0987. The van der Waals surface area contributed by atoms with Gasteiger partial charge < -0.3 is 5.32 Å². The van der Waals surface area contributed by atoms with Gasteiger partial charge in [0, 0.05) is 12.1 Å². The van der Waals surface area contributed by atoms with Crippen LogP contribution < -0.4 is 5.32 Å². The highest BCUT2D eigenvalue weighted by molar-refractivity contribution is 7.20. The highest BCUT2D eigenvalue weighted by atomic mass is 32.1. The van der Waals surface area contributed by atoms with Gasteiger partial charge in [0.05, 0.1) is 21.5 Å². The monoisotopic (exact) mass is 402 g/mol. The Hall–Kier alpha value is -2.99. The summed E-state index contributed by atoms with van der Waals surface area (Å²) in [6, 6.07) is 16.1. The summed E-state index contributed by atoms with van der Waals surface area (Å²) in [7, 11) is 0. The number of ketones is 1. The number of para-hydroxylation sites is 2. The lowest BCUT2D eigenvalue weighted by Crippen LogP contribution is -2.28. The van der Waals surface area contributed by atoms with Crippen molar-refractivity contribution in [3.05, 3.63) is 65.4 Å². The second kappa shape index (κ2) is 6.52. The van der Waals surface area contributed by atoms with Crippen LogP contribution in [0.4, 0.5) is 11.5 Å². The Morgan fingerprint density at radius 3 is 2.62 bits per heavy atom. The molecule has 0 saturated heterocycles. The summed E-state index contributed by atoms with van der Waals surface area (Å²) in [5.74, 6) is 0.758. The summed E-state index contributed by atoms with van der Waals surface area (Å²) in [5.41, 5.74) is 4.57. The van der Waals surface area contributed by atoms with Crippen molar-refractivity contribution < 1.29 is 4.79 Å². The van der Waals surface area contributed by atoms with Gasteiger partial charge in [-0.05, 0) is 42.5 Å². The quantitative estimate of drug-likeness (QED) is 0.478. The van der Waals surface area contributed by atoms with Gasteiger partial charge in [-0.3, -0.25) is 4.79 Å². The summed E-state index contributed by atoms with van der Waals surface area (Å²) in [6.45, 7) is 6.32. The molecule has 0 aliphatic heterocycles. The van der Waals surface area contributed by atoms with Crippen molar-refractivity contribution in [1.82, 2.24) is 14.8 Å². The zero-order valence-corrected chi connectivity index (χ0v) is 17.5. The standard InChI is InChI=1S/C23H22N4OS/c1-14-8-4-5-9-15(14)24-21-20-17(12-23(2,3)13-18(20)28)27(26-21)22-25-16-10-6-7-11-19(16)29-22/h4-11H,12-13H2,1-3H3,(H,24,26). The van der Waals surface area contributed by atoms with Gasteiger partial charge in [-0.15, -0.1) is 5.10 Å². The fourth-order valence-electron chi connectivity index (χ4n) is 3.99. The molecule has 6 heteroatoms. The van der Waals surface area contributed by atoms with Crippen LogP contribution >= 0.6 is 11.3 Å². The van der Waals surface area contributed by atoms with Gasteiger partial charge in [0.15, 0.2) is 11.6 Å². The summed E-state index contributed by atoms with van der Waals surface area (Å²) in [4.78, 5) is 17.9. The van der Waals surface area contributed by atoms with Crippen LogP contribution in [0.25, 0.3) is 15.3 Å². The Morgan fingerprint density at radius 2 is 1.83 bits per heavy atom. The number of hydrogen-bond acceptors (Lipinski definition) is 5. The first-order chi connectivity index (χ1) is 13.9. The van der Waals surface area contributed by atoms with E-state index in [0.717, 1.165) is 38.7 Å². The van der Waals surface area contributed by atoms with Crippen LogP contribution in [0, 0.1) is 12.3 Å². The Kier molecular flexibility index (Phi) is 4.06. The fraction of sp³-hybridized carbons (Fsp3) is 0.261. The van der Waals surface area contributed by atoms with E-state index in [4.69, 9.17) is 10.1 Å². The first-order valence-corrected chi connectivity index (χ1v) is 10.6. The molecule has 1 aliphatic carbocycles. The number of carbonyl (C=O) groups excluding carboxylic acids is 1. The number of Topliss-reactive ketones (excluding diaryl/α,β-unsaturated/α-hetero) is 1. The van der Waals surface area contributed by atoms with Crippen LogP contribution in [0.5, 0.6) is 0 Å². The summed E-state index contributed by atoms with van der Waals surface area (Å²) in [6.07, 6.45) is 1.31. The summed E-state index contributed by atoms with van der Waals surface area (Å²) >= 11 is 1.60. The predicted octanol–water partition coefficient (Wildman–Crippen LogP) is 5.69. The third-order valence-corrected chi connectivity index (χ3v) is 6.42. The number of nitrogens with zero attached hydrogens (tertiary/aromatic N) is 3. The lowest BCUT2D eigenvalue weighted by atomic mass is 9.76. The van der Waals surface area contributed by atoms with Crippen LogP contribution in [0.1, 0.15) is 41.9 Å². The molecule has 2 aromatic heterocycles. The van der Waals surface area contributed by atoms with E-state index in [1.165, 1.54) is 0 Å². The normalized spacial score (nSPS) is 15.5. The first kappa shape index (κ1) is 18.1. The van der Waals surface area contributed by atoms with Crippen molar-refractivity contribution >= 4 is 38.8 Å². The number of thiazole rings is 1. The van der Waals surface area contributed by atoms with Crippen molar-refractivity contribution in [1.29, 1.82) is 0 Å². The van der Waals surface area contributed by atoms with E-state index in [1.54, 1.807) is 11.3 Å². The molecule has 0 amide bonds. The molecular weight excluding hydrogens is 380 g/mol. The minimum Gasteiger partial charge on any atom is -0.338 e. The zero-order valence-electron chi connectivity index (χ0n) is 16.7. The Labute approximate surface area is 173 Å². The Balaban J connectivity index is 1.69. The maximum absolute atomic E-state index is 13.1. The average molecular weight is 403 g/mol. The smallest absolute Gasteiger partial charge is 0.211 e. The van der Waals surface area contributed by atoms with Crippen molar-refractivity contribution in [3.63, 3.8) is 0 Å². The van der Waals surface area contributed by atoms with E-state index < -0.39 is 0 Å². The lowest BCUT2D eigenvalue weighted by Gasteiger charge is -2.28. The second-order valence-corrected chi connectivity index (χ2v) is 9.44.